The second-order valence-electron chi connectivity index (χ2n) is 1.29. The predicted octanol–water partition coefficient (Wildman–Crippen LogP) is 0.843. The lowest BCUT2D eigenvalue weighted by molar-refractivity contribution is -0.107. The first-order valence-corrected chi connectivity index (χ1v) is 3.17. The average molecular weight is 127 g/mol. The minimum absolute atomic E-state index is 0.194. The minimum atomic E-state index is -0.194. The lowest BCUT2D eigenvalue weighted by Gasteiger charge is -2.00. The number of thioether (sulfide) groups is 1. The Bertz CT molecular complexity index is 141. The summed E-state index contributed by atoms with van der Waals surface area (Å²) >= 11 is 1.42. The van der Waals surface area contributed by atoms with E-state index in [-0.39, 0.29) is 5.37 Å². The largest absolute Gasteiger partial charge is 0.300 e. The van der Waals surface area contributed by atoms with Gasteiger partial charge >= 0.3 is 0 Å². The molecule has 0 aliphatic carbocycles. The van der Waals surface area contributed by atoms with Crippen molar-refractivity contribution in [3.63, 3.8) is 0 Å². The normalized spacial score (nSPS) is 25.8. The van der Waals surface area contributed by atoms with E-state index in [0.717, 1.165) is 6.29 Å². The smallest absolute Gasteiger partial charge is 0.155 e. The van der Waals surface area contributed by atoms with Crippen molar-refractivity contribution in [2.75, 3.05) is 0 Å². The van der Waals surface area contributed by atoms with Crippen LogP contribution in [0.2, 0.25) is 0 Å². The molecule has 0 fully saturated rings. The second kappa shape index (κ2) is 2.67. The number of rotatable bonds is 1. The second-order valence-corrected chi connectivity index (χ2v) is 2.32. The van der Waals surface area contributed by atoms with Gasteiger partial charge in [0.2, 0.25) is 0 Å². The molecule has 1 atom stereocenters. The van der Waals surface area contributed by atoms with Crippen LogP contribution >= 0.6 is 11.8 Å². The van der Waals surface area contributed by atoms with Gasteiger partial charge in [-0.2, -0.15) is 0 Å². The summed E-state index contributed by atoms with van der Waals surface area (Å²) in [5.74, 6) is 0. The van der Waals surface area contributed by atoms with Crippen molar-refractivity contribution in [1.82, 2.24) is 0 Å². The van der Waals surface area contributed by atoms with E-state index >= 15 is 0 Å². The molecule has 0 amide bonds. The van der Waals surface area contributed by atoms with Crippen LogP contribution < -0.4 is 0 Å². The van der Waals surface area contributed by atoms with E-state index in [9.17, 15) is 4.79 Å². The molecule has 0 aromatic heterocycles. The fourth-order valence-electron chi connectivity index (χ4n) is 0.398. The van der Waals surface area contributed by atoms with Gasteiger partial charge in [-0.05, 0) is 11.5 Å². The molecule has 0 radical (unpaired) electrons. The lowest BCUT2D eigenvalue weighted by Crippen LogP contribution is -2.00. The highest BCUT2D eigenvalue weighted by molar-refractivity contribution is 8.03. The number of carbonyl (C=O) groups is 1. The molecule has 1 aliphatic heterocycles. The van der Waals surface area contributed by atoms with E-state index in [1.54, 1.807) is 6.21 Å². The highest BCUT2D eigenvalue weighted by Gasteiger charge is 2.01. The molecule has 8 heavy (non-hydrogen) atoms. The number of aliphatic imine (C=N–C) groups is 1. The molecule has 0 saturated carbocycles. The minimum Gasteiger partial charge on any atom is -0.300 e. The molecule has 2 nitrogen and oxygen atoms in total. The van der Waals surface area contributed by atoms with Crippen LogP contribution in [-0.2, 0) is 4.79 Å². The van der Waals surface area contributed by atoms with E-state index in [1.165, 1.54) is 11.8 Å². The van der Waals surface area contributed by atoms with Crippen LogP contribution in [0.3, 0.4) is 0 Å². The van der Waals surface area contributed by atoms with Gasteiger partial charge in [-0.3, -0.25) is 9.79 Å². The van der Waals surface area contributed by atoms with Crippen LogP contribution in [0.15, 0.2) is 16.5 Å². The summed E-state index contributed by atoms with van der Waals surface area (Å²) < 4.78 is 0. The van der Waals surface area contributed by atoms with Gasteiger partial charge in [0.15, 0.2) is 11.7 Å². The van der Waals surface area contributed by atoms with Gasteiger partial charge in [0.25, 0.3) is 0 Å². The third-order valence-electron chi connectivity index (χ3n) is 0.732. The van der Waals surface area contributed by atoms with E-state index in [0.29, 0.717) is 0 Å². The van der Waals surface area contributed by atoms with E-state index in [2.05, 4.69) is 4.99 Å². The number of hydrogen-bond donors (Lipinski definition) is 0. The van der Waals surface area contributed by atoms with Crippen LogP contribution in [-0.4, -0.2) is 17.9 Å². The molecular formula is C5H5NOS. The molecule has 1 rings (SSSR count). The summed E-state index contributed by atoms with van der Waals surface area (Å²) in [6.45, 7) is 0. The highest BCUT2D eigenvalue weighted by atomic mass is 32.2. The van der Waals surface area contributed by atoms with Crippen molar-refractivity contribution in [2.24, 2.45) is 4.99 Å². The van der Waals surface area contributed by atoms with E-state index in [1.807, 2.05) is 11.5 Å². The van der Waals surface area contributed by atoms with Gasteiger partial charge in [0.1, 0.15) is 0 Å². The zero-order chi connectivity index (χ0) is 5.82. The van der Waals surface area contributed by atoms with Crippen LogP contribution in [0.4, 0.5) is 0 Å². The molecule has 3 heteroatoms. The van der Waals surface area contributed by atoms with Crippen LogP contribution in [0, 0.1) is 0 Å². The van der Waals surface area contributed by atoms with Gasteiger partial charge in [-0.25, -0.2) is 0 Å². The van der Waals surface area contributed by atoms with Crippen LogP contribution in [0.1, 0.15) is 0 Å². The van der Waals surface area contributed by atoms with Crippen molar-refractivity contribution < 1.29 is 4.79 Å². The van der Waals surface area contributed by atoms with Crippen molar-refractivity contribution in [3.8, 4) is 0 Å². The fraction of sp³-hybridized carbons (Fsp3) is 0.200. The molecular weight excluding hydrogens is 122 g/mol. The Balaban J connectivity index is 2.51. The number of allylic oxidation sites excluding steroid dienone is 1. The van der Waals surface area contributed by atoms with Gasteiger partial charge < -0.3 is 0 Å². The SMILES string of the molecule is O=CC1N=CC=CS1. The summed E-state index contributed by atoms with van der Waals surface area (Å²) in [4.78, 5) is 13.8. The number of hydrogen-bond acceptors (Lipinski definition) is 3. The Kier molecular flexibility index (Phi) is 1.86. The maximum absolute atomic E-state index is 9.99. The summed E-state index contributed by atoms with van der Waals surface area (Å²) in [5, 5.41) is 1.66. The zero-order valence-electron chi connectivity index (χ0n) is 4.15. The summed E-state index contributed by atoms with van der Waals surface area (Å²) in [6, 6.07) is 0. The van der Waals surface area contributed by atoms with Crippen LogP contribution in [0.5, 0.6) is 0 Å². The molecule has 0 aromatic carbocycles. The summed E-state index contributed by atoms with van der Waals surface area (Å²) in [6.07, 6.45) is 4.27. The highest BCUT2D eigenvalue weighted by Crippen LogP contribution is 2.13. The van der Waals surface area contributed by atoms with Gasteiger partial charge in [-0.15, -0.1) is 0 Å². The maximum Gasteiger partial charge on any atom is 0.155 e. The quantitative estimate of drug-likeness (QED) is 0.488. The van der Waals surface area contributed by atoms with Crippen molar-refractivity contribution in [1.29, 1.82) is 0 Å². The summed E-state index contributed by atoms with van der Waals surface area (Å²) in [5.41, 5.74) is 0. The number of nitrogens with zero attached hydrogens (tertiary/aromatic N) is 1. The Morgan fingerprint density at radius 1 is 1.75 bits per heavy atom. The van der Waals surface area contributed by atoms with Gasteiger partial charge in [0, 0.05) is 6.21 Å². The standard InChI is InChI=1S/C5H5NOS/c7-4-5-6-2-1-3-8-5/h1-5H. The molecule has 1 heterocycles. The lowest BCUT2D eigenvalue weighted by atomic mass is 10.6. The van der Waals surface area contributed by atoms with Gasteiger partial charge in [-0.1, -0.05) is 11.8 Å². The Morgan fingerprint density at radius 2 is 2.62 bits per heavy atom. The first kappa shape index (κ1) is 5.56. The Labute approximate surface area is 51.7 Å². The molecule has 0 spiro atoms. The Hall–Kier alpha value is -0.570. The monoisotopic (exact) mass is 127 g/mol. The van der Waals surface area contributed by atoms with Crippen LogP contribution in [0.25, 0.3) is 0 Å². The number of carbonyl (C=O) groups excluding carboxylic acids is 1. The third kappa shape index (κ3) is 1.20. The topological polar surface area (TPSA) is 29.4 Å². The van der Waals surface area contributed by atoms with Crippen molar-refractivity contribution in [2.45, 2.75) is 5.37 Å². The van der Waals surface area contributed by atoms with Gasteiger partial charge in [0.05, 0.1) is 0 Å². The Morgan fingerprint density at radius 3 is 3.00 bits per heavy atom. The summed E-state index contributed by atoms with van der Waals surface area (Å²) in [7, 11) is 0. The first-order valence-electron chi connectivity index (χ1n) is 2.22. The molecule has 1 unspecified atom stereocenters. The zero-order valence-corrected chi connectivity index (χ0v) is 4.97. The van der Waals surface area contributed by atoms with Crippen molar-refractivity contribution >= 4 is 24.3 Å². The predicted molar refractivity (Wildman–Crippen MR) is 35.1 cm³/mol. The fourth-order valence-corrected chi connectivity index (χ4v) is 0.925. The molecule has 0 aromatic rings. The van der Waals surface area contributed by atoms with Crippen molar-refractivity contribution in [3.05, 3.63) is 11.5 Å². The molecule has 0 saturated heterocycles. The number of aldehydes is 1. The molecule has 0 N–H and O–H groups in total. The van der Waals surface area contributed by atoms with E-state index < -0.39 is 0 Å². The third-order valence-corrected chi connectivity index (χ3v) is 1.56. The molecule has 42 valence electrons. The molecule has 1 aliphatic rings. The molecule has 0 bridgehead atoms. The average Bonchev–Trinajstić information content (AvgIpc) is 1.90. The first-order chi connectivity index (χ1) is 3.93. The maximum atomic E-state index is 9.99. The van der Waals surface area contributed by atoms with E-state index in [4.69, 9.17) is 0 Å².